The molecule has 1 aliphatic carbocycles. The number of hydrogen-bond donors (Lipinski definition) is 1. The first-order valence-corrected chi connectivity index (χ1v) is 5.46. The van der Waals surface area contributed by atoms with Gasteiger partial charge in [0.2, 0.25) is 0 Å². The summed E-state index contributed by atoms with van der Waals surface area (Å²) >= 11 is 0. The predicted molar refractivity (Wildman–Crippen MR) is 52.6 cm³/mol. The van der Waals surface area contributed by atoms with Crippen LogP contribution in [0.2, 0.25) is 0 Å². The van der Waals surface area contributed by atoms with Gasteiger partial charge in [-0.3, -0.25) is 4.79 Å². The Kier molecular flexibility index (Phi) is 4.26. The summed E-state index contributed by atoms with van der Waals surface area (Å²) in [4.78, 5) is 10.7. The zero-order chi connectivity index (χ0) is 9.68. The molecular weight excluding hydrogens is 164 g/mol. The number of hydrogen-bond acceptors (Lipinski definition) is 1. The highest BCUT2D eigenvalue weighted by molar-refractivity contribution is 5.69. The summed E-state index contributed by atoms with van der Waals surface area (Å²) in [5.41, 5.74) is 0. The SMILES string of the molecule is CCCC[C@H]1CC[C@H](C(=O)O)CC1. The van der Waals surface area contributed by atoms with Crippen molar-refractivity contribution >= 4 is 5.97 Å². The molecule has 76 valence electrons. The largest absolute Gasteiger partial charge is 0.481 e. The summed E-state index contributed by atoms with van der Waals surface area (Å²) < 4.78 is 0. The highest BCUT2D eigenvalue weighted by atomic mass is 16.4. The fraction of sp³-hybridized carbons (Fsp3) is 0.909. The van der Waals surface area contributed by atoms with E-state index in [1.54, 1.807) is 0 Å². The van der Waals surface area contributed by atoms with Gasteiger partial charge in [0.15, 0.2) is 0 Å². The highest BCUT2D eigenvalue weighted by Gasteiger charge is 2.25. The molecule has 0 aromatic heterocycles. The monoisotopic (exact) mass is 184 g/mol. The zero-order valence-electron chi connectivity index (χ0n) is 8.46. The van der Waals surface area contributed by atoms with E-state index in [4.69, 9.17) is 5.11 Å². The maximum atomic E-state index is 10.7. The summed E-state index contributed by atoms with van der Waals surface area (Å²) in [5, 5.41) is 8.80. The smallest absolute Gasteiger partial charge is 0.306 e. The molecule has 0 atom stereocenters. The zero-order valence-corrected chi connectivity index (χ0v) is 8.46. The van der Waals surface area contributed by atoms with Crippen molar-refractivity contribution in [2.45, 2.75) is 51.9 Å². The number of carboxylic acid groups (broad SMARTS) is 1. The van der Waals surface area contributed by atoms with Crippen molar-refractivity contribution in [1.29, 1.82) is 0 Å². The minimum Gasteiger partial charge on any atom is -0.481 e. The van der Waals surface area contributed by atoms with Crippen LogP contribution >= 0.6 is 0 Å². The van der Waals surface area contributed by atoms with Crippen LogP contribution in [-0.4, -0.2) is 11.1 Å². The standard InChI is InChI=1S/C11H20O2/c1-2-3-4-9-5-7-10(8-6-9)11(12)13/h9-10H,2-8H2,1H3,(H,12,13)/t9-,10-. The van der Waals surface area contributed by atoms with Crippen LogP contribution in [0.25, 0.3) is 0 Å². The van der Waals surface area contributed by atoms with Gasteiger partial charge in [-0.2, -0.15) is 0 Å². The maximum absolute atomic E-state index is 10.7. The third-order valence-electron chi connectivity index (χ3n) is 3.16. The summed E-state index contributed by atoms with van der Waals surface area (Å²) in [6.45, 7) is 2.21. The Morgan fingerprint density at radius 1 is 1.31 bits per heavy atom. The molecule has 0 saturated heterocycles. The first-order chi connectivity index (χ1) is 6.24. The second kappa shape index (κ2) is 5.25. The molecule has 1 aliphatic rings. The minimum atomic E-state index is -0.589. The molecule has 0 aliphatic heterocycles. The minimum absolute atomic E-state index is 0.0436. The Bertz CT molecular complexity index is 157. The van der Waals surface area contributed by atoms with Crippen LogP contribution < -0.4 is 0 Å². The van der Waals surface area contributed by atoms with Crippen LogP contribution in [0.15, 0.2) is 0 Å². The highest BCUT2D eigenvalue weighted by Crippen LogP contribution is 2.31. The fourth-order valence-corrected chi connectivity index (χ4v) is 2.19. The van der Waals surface area contributed by atoms with E-state index in [-0.39, 0.29) is 5.92 Å². The number of aliphatic carboxylic acids is 1. The number of carbonyl (C=O) groups is 1. The Morgan fingerprint density at radius 3 is 2.38 bits per heavy atom. The summed E-state index contributed by atoms with van der Waals surface area (Å²) in [7, 11) is 0. The van der Waals surface area contributed by atoms with E-state index >= 15 is 0 Å². The van der Waals surface area contributed by atoms with E-state index in [0.717, 1.165) is 31.6 Å². The fourth-order valence-electron chi connectivity index (χ4n) is 2.19. The molecular formula is C11H20O2. The average Bonchev–Trinajstić information content (AvgIpc) is 2.15. The average molecular weight is 184 g/mol. The van der Waals surface area contributed by atoms with E-state index in [1.807, 2.05) is 0 Å². The van der Waals surface area contributed by atoms with Gasteiger partial charge in [0.25, 0.3) is 0 Å². The molecule has 1 N–H and O–H groups in total. The molecule has 0 aromatic rings. The lowest BCUT2D eigenvalue weighted by molar-refractivity contribution is -0.143. The molecule has 0 amide bonds. The molecule has 1 rings (SSSR count). The van der Waals surface area contributed by atoms with E-state index in [2.05, 4.69) is 6.92 Å². The molecule has 1 fully saturated rings. The van der Waals surface area contributed by atoms with E-state index in [9.17, 15) is 4.79 Å². The quantitative estimate of drug-likeness (QED) is 0.729. The summed E-state index contributed by atoms with van der Waals surface area (Å²) in [6, 6.07) is 0. The number of unbranched alkanes of at least 4 members (excludes halogenated alkanes) is 1. The lowest BCUT2D eigenvalue weighted by atomic mass is 9.80. The van der Waals surface area contributed by atoms with E-state index in [0.29, 0.717) is 0 Å². The third-order valence-corrected chi connectivity index (χ3v) is 3.16. The molecule has 0 bridgehead atoms. The lowest BCUT2D eigenvalue weighted by Crippen LogP contribution is -2.21. The molecule has 13 heavy (non-hydrogen) atoms. The predicted octanol–water partition coefficient (Wildman–Crippen LogP) is 3.07. The molecule has 0 radical (unpaired) electrons. The summed E-state index contributed by atoms with van der Waals surface area (Å²) in [6.07, 6.45) is 7.96. The van der Waals surface area contributed by atoms with Crippen molar-refractivity contribution in [2.75, 3.05) is 0 Å². The second-order valence-electron chi connectivity index (χ2n) is 4.20. The van der Waals surface area contributed by atoms with E-state index in [1.165, 1.54) is 19.3 Å². The Hall–Kier alpha value is -0.530. The summed E-state index contributed by atoms with van der Waals surface area (Å²) in [5.74, 6) is 0.183. The number of carboxylic acids is 1. The second-order valence-corrected chi connectivity index (χ2v) is 4.20. The first kappa shape index (κ1) is 10.6. The van der Waals surface area contributed by atoms with Crippen molar-refractivity contribution in [3.63, 3.8) is 0 Å². The van der Waals surface area contributed by atoms with Crippen LogP contribution in [0.5, 0.6) is 0 Å². The maximum Gasteiger partial charge on any atom is 0.306 e. The van der Waals surface area contributed by atoms with Gasteiger partial charge in [-0.05, 0) is 31.6 Å². The molecule has 0 aromatic carbocycles. The number of rotatable bonds is 4. The van der Waals surface area contributed by atoms with Crippen molar-refractivity contribution < 1.29 is 9.90 Å². The van der Waals surface area contributed by atoms with Crippen LogP contribution in [0.4, 0.5) is 0 Å². The topological polar surface area (TPSA) is 37.3 Å². The molecule has 2 nitrogen and oxygen atoms in total. The molecule has 0 heterocycles. The van der Waals surface area contributed by atoms with Crippen molar-refractivity contribution in [3.05, 3.63) is 0 Å². The van der Waals surface area contributed by atoms with Crippen molar-refractivity contribution in [3.8, 4) is 0 Å². The Morgan fingerprint density at radius 2 is 1.92 bits per heavy atom. The van der Waals surface area contributed by atoms with Crippen LogP contribution in [0, 0.1) is 11.8 Å². The molecule has 2 heteroatoms. The van der Waals surface area contributed by atoms with Gasteiger partial charge < -0.3 is 5.11 Å². The Balaban J connectivity index is 2.18. The van der Waals surface area contributed by atoms with Gasteiger partial charge in [-0.25, -0.2) is 0 Å². The Labute approximate surface area is 80.3 Å². The normalized spacial score (nSPS) is 28.7. The van der Waals surface area contributed by atoms with Crippen molar-refractivity contribution in [2.24, 2.45) is 11.8 Å². The molecule has 1 saturated carbocycles. The third kappa shape index (κ3) is 3.37. The van der Waals surface area contributed by atoms with Gasteiger partial charge in [-0.1, -0.05) is 26.2 Å². The van der Waals surface area contributed by atoms with Crippen molar-refractivity contribution in [1.82, 2.24) is 0 Å². The van der Waals surface area contributed by atoms with E-state index < -0.39 is 5.97 Å². The van der Waals surface area contributed by atoms with Gasteiger partial charge >= 0.3 is 5.97 Å². The van der Waals surface area contributed by atoms with Gasteiger partial charge in [-0.15, -0.1) is 0 Å². The van der Waals surface area contributed by atoms with Crippen LogP contribution in [0.1, 0.15) is 51.9 Å². The first-order valence-electron chi connectivity index (χ1n) is 5.46. The van der Waals surface area contributed by atoms with Gasteiger partial charge in [0.05, 0.1) is 5.92 Å². The lowest BCUT2D eigenvalue weighted by Gasteiger charge is -2.25. The van der Waals surface area contributed by atoms with Gasteiger partial charge in [0.1, 0.15) is 0 Å². The van der Waals surface area contributed by atoms with Crippen LogP contribution in [0.3, 0.4) is 0 Å². The molecule has 0 unspecified atom stereocenters. The van der Waals surface area contributed by atoms with Crippen LogP contribution in [-0.2, 0) is 4.79 Å². The van der Waals surface area contributed by atoms with Gasteiger partial charge in [0, 0.05) is 0 Å². The molecule has 0 spiro atoms.